The van der Waals surface area contributed by atoms with E-state index in [0.29, 0.717) is 6.42 Å². The first-order chi connectivity index (χ1) is 12.2. The maximum atomic E-state index is 10.8. The summed E-state index contributed by atoms with van der Waals surface area (Å²) in [6.45, 7) is 8.29. The fraction of sp³-hybridized carbons (Fsp3) is 0.526. The average Bonchev–Trinajstić information content (AvgIpc) is 3.15. The van der Waals surface area contributed by atoms with Crippen molar-refractivity contribution in [3.63, 3.8) is 0 Å². The fourth-order valence-corrected chi connectivity index (χ4v) is 3.41. The second kappa shape index (κ2) is 6.97. The van der Waals surface area contributed by atoms with Gasteiger partial charge in [-0.05, 0) is 59.1 Å². The summed E-state index contributed by atoms with van der Waals surface area (Å²) >= 11 is 0. The Morgan fingerprint density at radius 1 is 1.38 bits per heavy atom. The minimum absolute atomic E-state index is 0.188. The Kier molecular flexibility index (Phi) is 4.89. The van der Waals surface area contributed by atoms with Crippen LogP contribution in [-0.2, 0) is 10.3 Å². The summed E-state index contributed by atoms with van der Waals surface area (Å²) in [4.78, 5) is 15.1. The topological polar surface area (TPSA) is 89.3 Å². The minimum atomic E-state index is -1.20. The van der Waals surface area contributed by atoms with Crippen LogP contribution in [0.3, 0.4) is 0 Å². The van der Waals surface area contributed by atoms with Crippen LogP contribution in [0.2, 0.25) is 0 Å². The quantitative estimate of drug-likeness (QED) is 0.787. The van der Waals surface area contributed by atoms with E-state index in [9.17, 15) is 4.79 Å². The van der Waals surface area contributed by atoms with Crippen molar-refractivity contribution in [2.75, 3.05) is 5.32 Å². The zero-order valence-corrected chi connectivity index (χ0v) is 15.7. The number of aryl methyl sites for hydroxylation is 1. The van der Waals surface area contributed by atoms with Crippen molar-refractivity contribution < 1.29 is 14.6 Å². The average molecular weight is 358 g/mol. The Morgan fingerprint density at radius 3 is 2.81 bits per heavy atom. The number of hydrogen-bond acceptors (Lipinski definition) is 5. The van der Waals surface area contributed by atoms with Gasteiger partial charge in [-0.1, -0.05) is 0 Å². The molecule has 0 radical (unpaired) electrons. The summed E-state index contributed by atoms with van der Waals surface area (Å²) in [5.74, 6) is 1.12. The van der Waals surface area contributed by atoms with Crippen LogP contribution in [0.15, 0.2) is 24.4 Å². The molecule has 2 N–H and O–H groups in total. The smallest absolute Gasteiger partial charge is 0.450 e. The monoisotopic (exact) mass is 358 g/mol. The molecule has 2 aromatic heterocycles. The molecule has 0 saturated heterocycles. The fourth-order valence-electron chi connectivity index (χ4n) is 3.41. The Bertz CT molecular complexity index is 794. The maximum absolute atomic E-state index is 10.8. The third kappa shape index (κ3) is 3.98. The molecule has 1 fully saturated rings. The molecule has 2 atom stereocenters. The van der Waals surface area contributed by atoms with Gasteiger partial charge in [0.05, 0.1) is 22.6 Å². The Balaban J connectivity index is 1.86. The van der Waals surface area contributed by atoms with Crippen molar-refractivity contribution in [1.29, 1.82) is 0 Å². The van der Waals surface area contributed by atoms with Crippen LogP contribution in [0.4, 0.5) is 16.3 Å². The number of aromatic nitrogens is 3. The molecule has 0 aromatic carbocycles. The summed E-state index contributed by atoms with van der Waals surface area (Å²) < 4.78 is 6.92. The molecule has 2 heterocycles. The molecule has 0 amide bonds. The first-order valence-corrected chi connectivity index (χ1v) is 8.92. The normalized spacial score (nSPS) is 20.2. The lowest BCUT2D eigenvalue weighted by atomic mass is 10.0. The van der Waals surface area contributed by atoms with E-state index in [4.69, 9.17) is 14.9 Å². The maximum Gasteiger partial charge on any atom is 0.506 e. The number of carboxylic acid groups (broad SMARTS) is 1. The molecule has 1 aliphatic carbocycles. The first kappa shape index (κ1) is 18.2. The van der Waals surface area contributed by atoms with E-state index in [0.717, 1.165) is 35.7 Å². The van der Waals surface area contributed by atoms with Crippen LogP contribution in [0.1, 0.15) is 57.3 Å². The lowest BCUT2D eigenvalue weighted by Crippen LogP contribution is -2.25. The molecule has 2 unspecified atom stereocenters. The van der Waals surface area contributed by atoms with E-state index < -0.39 is 6.16 Å². The van der Waals surface area contributed by atoms with E-state index >= 15 is 0 Å². The Labute approximate surface area is 153 Å². The predicted octanol–water partition coefficient (Wildman–Crippen LogP) is 4.42. The number of nitrogens with one attached hydrogen (secondary N) is 1. The zero-order valence-electron chi connectivity index (χ0n) is 15.7. The highest BCUT2D eigenvalue weighted by molar-refractivity contribution is 5.59. The summed E-state index contributed by atoms with van der Waals surface area (Å²) in [5.41, 5.74) is 2.65. The number of pyridine rings is 1. The molecule has 3 rings (SSSR count). The van der Waals surface area contributed by atoms with Gasteiger partial charge >= 0.3 is 6.16 Å². The Morgan fingerprint density at radius 2 is 2.15 bits per heavy atom. The van der Waals surface area contributed by atoms with Gasteiger partial charge in [-0.2, -0.15) is 5.10 Å². The van der Waals surface area contributed by atoms with E-state index in [-0.39, 0.29) is 17.6 Å². The number of carbonyl (C=O) groups is 1. The molecule has 0 aliphatic heterocycles. The van der Waals surface area contributed by atoms with Crippen LogP contribution in [-0.4, -0.2) is 32.1 Å². The van der Waals surface area contributed by atoms with Gasteiger partial charge in [-0.25, -0.2) is 9.48 Å². The largest absolute Gasteiger partial charge is 0.506 e. The van der Waals surface area contributed by atoms with Gasteiger partial charge in [-0.3, -0.25) is 4.98 Å². The lowest BCUT2D eigenvalue weighted by Gasteiger charge is -2.23. The molecule has 1 saturated carbocycles. The van der Waals surface area contributed by atoms with Gasteiger partial charge in [0.15, 0.2) is 0 Å². The van der Waals surface area contributed by atoms with Crippen LogP contribution in [0, 0.1) is 6.92 Å². The molecule has 140 valence electrons. The molecule has 7 heteroatoms. The van der Waals surface area contributed by atoms with Crippen molar-refractivity contribution in [3.05, 3.63) is 35.8 Å². The van der Waals surface area contributed by atoms with Crippen molar-refractivity contribution >= 4 is 17.7 Å². The van der Waals surface area contributed by atoms with Gasteiger partial charge in [0.25, 0.3) is 0 Å². The van der Waals surface area contributed by atoms with E-state index in [1.54, 1.807) is 6.20 Å². The number of ether oxygens (including phenoxy) is 1. The second-order valence-corrected chi connectivity index (χ2v) is 7.81. The second-order valence-electron chi connectivity index (χ2n) is 7.81. The SMILES string of the molecule is Cc1ncccc1Nc1cc(C2CCC(OC(=O)O)C2)nn1C(C)(C)C. The molecular formula is C19H26N4O3. The van der Waals surface area contributed by atoms with Crippen molar-refractivity contribution in [3.8, 4) is 0 Å². The molecule has 26 heavy (non-hydrogen) atoms. The van der Waals surface area contributed by atoms with E-state index in [2.05, 4.69) is 37.1 Å². The van der Waals surface area contributed by atoms with E-state index in [1.165, 1.54) is 0 Å². The van der Waals surface area contributed by atoms with Gasteiger partial charge < -0.3 is 15.2 Å². The highest BCUT2D eigenvalue weighted by Crippen LogP contribution is 2.37. The summed E-state index contributed by atoms with van der Waals surface area (Å²) in [7, 11) is 0. The third-order valence-corrected chi connectivity index (χ3v) is 4.70. The zero-order chi connectivity index (χ0) is 18.9. The van der Waals surface area contributed by atoms with Crippen LogP contribution in [0.5, 0.6) is 0 Å². The number of anilines is 2. The molecule has 0 bridgehead atoms. The van der Waals surface area contributed by atoms with Gasteiger partial charge in [0.2, 0.25) is 0 Å². The first-order valence-electron chi connectivity index (χ1n) is 8.92. The third-order valence-electron chi connectivity index (χ3n) is 4.70. The van der Waals surface area contributed by atoms with E-state index in [1.807, 2.05) is 23.7 Å². The van der Waals surface area contributed by atoms with Crippen molar-refractivity contribution in [1.82, 2.24) is 14.8 Å². The minimum Gasteiger partial charge on any atom is -0.450 e. The molecule has 0 spiro atoms. The molecule has 7 nitrogen and oxygen atoms in total. The summed E-state index contributed by atoms with van der Waals surface area (Å²) in [5, 5.41) is 17.1. The summed E-state index contributed by atoms with van der Waals surface area (Å²) in [6.07, 6.45) is 2.63. The van der Waals surface area contributed by atoms with Crippen molar-refractivity contribution in [2.24, 2.45) is 0 Å². The molecule has 2 aromatic rings. The Hall–Kier alpha value is -2.57. The molecule has 1 aliphatic rings. The lowest BCUT2D eigenvalue weighted by molar-refractivity contribution is 0.0540. The van der Waals surface area contributed by atoms with Crippen LogP contribution < -0.4 is 5.32 Å². The highest BCUT2D eigenvalue weighted by Gasteiger charge is 2.32. The predicted molar refractivity (Wildman–Crippen MR) is 99.0 cm³/mol. The number of nitrogens with zero attached hydrogens (tertiary/aromatic N) is 3. The van der Waals surface area contributed by atoms with Crippen LogP contribution in [0.25, 0.3) is 0 Å². The van der Waals surface area contributed by atoms with Gasteiger partial charge in [0, 0.05) is 18.2 Å². The summed E-state index contributed by atoms with van der Waals surface area (Å²) in [6, 6.07) is 5.96. The van der Waals surface area contributed by atoms with Crippen LogP contribution >= 0.6 is 0 Å². The standard InChI is InChI=1S/C19H26N4O3/c1-12-15(6-5-9-20-12)21-17-11-16(22-23(17)19(2,3)4)13-7-8-14(10-13)26-18(24)25/h5-6,9,11,13-14,21H,7-8,10H2,1-4H3,(H,24,25). The number of rotatable bonds is 4. The van der Waals surface area contributed by atoms with Crippen molar-refractivity contribution in [2.45, 2.75) is 64.5 Å². The van der Waals surface area contributed by atoms with Gasteiger partial charge in [-0.15, -0.1) is 0 Å². The van der Waals surface area contributed by atoms with Gasteiger partial charge in [0.1, 0.15) is 11.9 Å². The number of hydrogen-bond donors (Lipinski definition) is 2. The molecular weight excluding hydrogens is 332 g/mol. The highest BCUT2D eigenvalue weighted by atomic mass is 16.7.